The average molecular weight is 383 g/mol. The highest BCUT2D eigenvalue weighted by atomic mass is 79.9. The van der Waals surface area contributed by atoms with E-state index in [1.807, 2.05) is 0 Å². The van der Waals surface area contributed by atoms with Crippen molar-refractivity contribution in [3.63, 3.8) is 0 Å². The minimum atomic E-state index is -0.773. The second-order valence-electron chi connectivity index (χ2n) is 3.84. The Bertz CT molecular complexity index is 550. The number of nitrogens with one attached hydrogen (secondary N) is 1. The number of anilines is 1. The Kier molecular flexibility index (Phi) is 5.53. The number of hydrogen-bond donors (Lipinski definition) is 2. The number of aromatic nitrogens is 2. The molecule has 1 heterocycles. The van der Waals surface area contributed by atoms with Gasteiger partial charge in [0.25, 0.3) is 0 Å². The number of hydrogen-bond acceptors (Lipinski definition) is 6. The van der Waals surface area contributed by atoms with Crippen molar-refractivity contribution in [2.45, 2.75) is 6.10 Å². The lowest BCUT2D eigenvalue weighted by Gasteiger charge is -2.15. The van der Waals surface area contributed by atoms with E-state index in [2.05, 4.69) is 30.0 Å². The van der Waals surface area contributed by atoms with Crippen molar-refractivity contribution >= 4 is 44.9 Å². The van der Waals surface area contributed by atoms with Crippen LogP contribution in [0.1, 0.15) is 0 Å². The predicted octanol–water partition coefficient (Wildman–Crippen LogP) is 2.94. The van der Waals surface area contributed by atoms with E-state index >= 15 is 0 Å². The molecule has 2 rings (SSSR count). The van der Waals surface area contributed by atoms with Gasteiger partial charge in [-0.15, -0.1) is 4.37 Å². The molecule has 1 atom stereocenters. The van der Waals surface area contributed by atoms with Gasteiger partial charge in [-0.25, -0.2) is 4.39 Å². The van der Waals surface area contributed by atoms with Crippen molar-refractivity contribution in [3.05, 3.63) is 33.6 Å². The Hall–Kier alpha value is -0.960. The van der Waals surface area contributed by atoms with Gasteiger partial charge in [-0.3, -0.25) is 0 Å². The molecule has 1 aromatic carbocycles. The van der Waals surface area contributed by atoms with Crippen LogP contribution in [0.2, 0.25) is 5.02 Å². The lowest BCUT2D eigenvalue weighted by molar-refractivity contribution is 0.115. The predicted molar refractivity (Wildman–Crippen MR) is 79.0 cm³/mol. The molecule has 0 saturated carbocycles. The van der Waals surface area contributed by atoms with E-state index in [4.69, 9.17) is 16.3 Å². The second kappa shape index (κ2) is 7.16. The van der Waals surface area contributed by atoms with Gasteiger partial charge < -0.3 is 15.2 Å². The van der Waals surface area contributed by atoms with Gasteiger partial charge in [0, 0.05) is 11.0 Å². The number of aliphatic hydroxyl groups excluding tert-OH is 1. The standard InChI is InChI=1S/C11H10BrClFN3O2S/c12-8-1-6(14)2-9(13)11(8)15-3-7(18)5-19-10-4-16-20-17-10/h1-2,4,7,15,18H,3,5H2. The fourth-order valence-corrected chi connectivity index (χ4v) is 2.72. The fraction of sp³-hybridized carbons (Fsp3) is 0.273. The maximum Gasteiger partial charge on any atom is 0.245 e. The molecule has 0 radical (unpaired) electrons. The molecule has 2 N–H and O–H groups in total. The summed E-state index contributed by atoms with van der Waals surface area (Å²) in [5.74, 6) is -0.0672. The van der Waals surface area contributed by atoms with Gasteiger partial charge in [0.05, 0.1) is 22.4 Å². The van der Waals surface area contributed by atoms with Crippen molar-refractivity contribution in [1.29, 1.82) is 0 Å². The molecular weight excluding hydrogens is 373 g/mol. The molecule has 2 aromatic rings. The molecule has 1 aromatic heterocycles. The average Bonchev–Trinajstić information content (AvgIpc) is 2.88. The number of aliphatic hydroxyl groups is 1. The molecular formula is C11H10BrClFN3O2S. The molecule has 0 aliphatic carbocycles. The summed E-state index contributed by atoms with van der Waals surface area (Å²) in [5.41, 5.74) is 0.516. The minimum absolute atomic E-state index is 0.0643. The van der Waals surface area contributed by atoms with Gasteiger partial charge in [-0.2, -0.15) is 4.37 Å². The summed E-state index contributed by atoms with van der Waals surface area (Å²) in [6, 6.07) is 2.48. The van der Waals surface area contributed by atoms with E-state index < -0.39 is 11.9 Å². The summed E-state index contributed by atoms with van der Waals surface area (Å²) in [4.78, 5) is 0. The Balaban J connectivity index is 1.85. The van der Waals surface area contributed by atoms with E-state index in [9.17, 15) is 9.50 Å². The third-order valence-corrected chi connectivity index (χ3v) is 3.67. The summed E-state index contributed by atoms with van der Waals surface area (Å²) in [7, 11) is 0. The van der Waals surface area contributed by atoms with Crippen LogP contribution in [0.15, 0.2) is 22.8 Å². The van der Waals surface area contributed by atoms with Crippen LogP contribution >= 0.6 is 39.3 Å². The molecule has 5 nitrogen and oxygen atoms in total. The number of ether oxygens (including phenoxy) is 1. The molecule has 0 aliphatic heterocycles. The summed E-state index contributed by atoms with van der Waals surface area (Å²) >= 11 is 10.1. The van der Waals surface area contributed by atoms with Crippen LogP contribution in [0.25, 0.3) is 0 Å². The van der Waals surface area contributed by atoms with Gasteiger partial charge >= 0.3 is 0 Å². The van der Waals surface area contributed by atoms with Crippen LogP contribution in [0.4, 0.5) is 10.1 Å². The van der Waals surface area contributed by atoms with Crippen LogP contribution < -0.4 is 10.1 Å². The van der Waals surface area contributed by atoms with E-state index in [1.54, 1.807) is 0 Å². The van der Waals surface area contributed by atoms with E-state index in [0.717, 1.165) is 11.7 Å². The summed E-state index contributed by atoms with van der Waals surface area (Å²) in [5, 5.41) is 12.9. The summed E-state index contributed by atoms with van der Waals surface area (Å²) in [6.45, 7) is 0.260. The number of rotatable bonds is 6. The second-order valence-corrected chi connectivity index (χ2v) is 5.65. The number of halogens is 3. The van der Waals surface area contributed by atoms with Crippen LogP contribution in [-0.4, -0.2) is 33.1 Å². The molecule has 20 heavy (non-hydrogen) atoms. The highest BCUT2D eigenvalue weighted by molar-refractivity contribution is 9.10. The summed E-state index contributed by atoms with van der Waals surface area (Å²) < 4.78 is 26.4. The van der Waals surface area contributed by atoms with Gasteiger partial charge in [-0.05, 0) is 28.1 Å². The van der Waals surface area contributed by atoms with Crippen molar-refractivity contribution in [1.82, 2.24) is 8.75 Å². The van der Waals surface area contributed by atoms with Crippen molar-refractivity contribution in [3.8, 4) is 5.88 Å². The van der Waals surface area contributed by atoms with Crippen molar-refractivity contribution < 1.29 is 14.2 Å². The number of benzene rings is 1. The molecule has 0 spiro atoms. The van der Waals surface area contributed by atoms with Crippen LogP contribution in [0, 0.1) is 5.82 Å². The molecule has 9 heteroatoms. The molecule has 0 amide bonds. The zero-order valence-corrected chi connectivity index (χ0v) is 13.2. The first kappa shape index (κ1) is 15.4. The first-order chi connectivity index (χ1) is 9.56. The largest absolute Gasteiger partial charge is 0.473 e. The fourth-order valence-electron chi connectivity index (χ4n) is 1.39. The van der Waals surface area contributed by atoms with E-state index in [0.29, 0.717) is 16.0 Å². The highest BCUT2D eigenvalue weighted by Crippen LogP contribution is 2.31. The quantitative estimate of drug-likeness (QED) is 0.804. The van der Waals surface area contributed by atoms with Crippen LogP contribution in [0.5, 0.6) is 5.88 Å². The number of nitrogens with zero attached hydrogens (tertiary/aromatic N) is 2. The molecule has 0 fully saturated rings. The third-order valence-electron chi connectivity index (χ3n) is 2.29. The molecule has 108 valence electrons. The first-order valence-electron chi connectivity index (χ1n) is 5.53. The maximum atomic E-state index is 13.1. The Morgan fingerprint density at radius 3 is 3.00 bits per heavy atom. The highest BCUT2D eigenvalue weighted by Gasteiger charge is 2.11. The zero-order chi connectivity index (χ0) is 14.5. The molecule has 1 unspecified atom stereocenters. The van der Waals surface area contributed by atoms with Crippen molar-refractivity contribution in [2.24, 2.45) is 0 Å². The molecule has 0 saturated heterocycles. The lowest BCUT2D eigenvalue weighted by Crippen LogP contribution is -2.26. The van der Waals surface area contributed by atoms with Crippen LogP contribution in [-0.2, 0) is 0 Å². The Morgan fingerprint density at radius 2 is 2.35 bits per heavy atom. The normalized spacial score (nSPS) is 12.2. The lowest BCUT2D eigenvalue weighted by atomic mass is 10.3. The smallest absolute Gasteiger partial charge is 0.245 e. The third kappa shape index (κ3) is 4.27. The van der Waals surface area contributed by atoms with Gasteiger partial charge in [0.2, 0.25) is 5.88 Å². The van der Waals surface area contributed by atoms with Gasteiger partial charge in [0.15, 0.2) is 0 Å². The maximum absolute atomic E-state index is 13.1. The van der Waals surface area contributed by atoms with Crippen LogP contribution in [0.3, 0.4) is 0 Å². The zero-order valence-electron chi connectivity index (χ0n) is 10.0. The van der Waals surface area contributed by atoms with Gasteiger partial charge in [-0.1, -0.05) is 11.6 Å². The molecule has 0 bridgehead atoms. The van der Waals surface area contributed by atoms with Gasteiger partial charge in [0.1, 0.15) is 24.7 Å². The minimum Gasteiger partial charge on any atom is -0.473 e. The Morgan fingerprint density at radius 1 is 1.55 bits per heavy atom. The Labute approximate surface area is 132 Å². The molecule has 0 aliphatic rings. The first-order valence-corrected chi connectivity index (χ1v) is 7.43. The monoisotopic (exact) mass is 381 g/mol. The van der Waals surface area contributed by atoms with E-state index in [1.165, 1.54) is 18.3 Å². The SMILES string of the molecule is OC(CNc1c(Cl)cc(F)cc1Br)COc1cnsn1. The van der Waals surface area contributed by atoms with E-state index in [-0.39, 0.29) is 18.2 Å². The van der Waals surface area contributed by atoms with Crippen molar-refractivity contribution in [2.75, 3.05) is 18.5 Å². The topological polar surface area (TPSA) is 67.3 Å². The summed E-state index contributed by atoms with van der Waals surface area (Å²) in [6.07, 6.45) is 0.697.